The second-order valence-electron chi connectivity index (χ2n) is 3.81. The van der Waals surface area contributed by atoms with Crippen LogP contribution in [0.4, 0.5) is 0 Å². The Balaban J connectivity index is 2.16. The zero-order valence-electron chi connectivity index (χ0n) is 10.3. The van der Waals surface area contributed by atoms with E-state index in [1.54, 1.807) is 25.1 Å². The quantitative estimate of drug-likeness (QED) is 0.882. The van der Waals surface area contributed by atoms with Gasteiger partial charge in [0.05, 0.1) is 18.7 Å². The predicted molar refractivity (Wildman–Crippen MR) is 68.1 cm³/mol. The Bertz CT molecular complexity index is 572. The van der Waals surface area contributed by atoms with Gasteiger partial charge in [0.1, 0.15) is 5.75 Å². The first-order valence-electron chi connectivity index (χ1n) is 5.49. The van der Waals surface area contributed by atoms with Crippen LogP contribution in [0, 0.1) is 0 Å². The maximum absolute atomic E-state index is 12.1. The van der Waals surface area contributed by atoms with Crippen molar-refractivity contribution in [3.63, 3.8) is 0 Å². The summed E-state index contributed by atoms with van der Waals surface area (Å²) in [6.07, 6.45) is 0. The number of aromatic nitrogens is 4. The van der Waals surface area contributed by atoms with E-state index < -0.39 is 0 Å². The van der Waals surface area contributed by atoms with Crippen LogP contribution in [0.2, 0.25) is 5.02 Å². The van der Waals surface area contributed by atoms with E-state index in [-0.39, 0.29) is 11.9 Å². The predicted octanol–water partition coefficient (Wildman–Crippen LogP) is 1.35. The van der Waals surface area contributed by atoms with Crippen molar-refractivity contribution < 1.29 is 9.53 Å². The van der Waals surface area contributed by atoms with Crippen LogP contribution >= 0.6 is 11.6 Å². The van der Waals surface area contributed by atoms with Crippen LogP contribution < -0.4 is 10.1 Å². The van der Waals surface area contributed by atoms with Gasteiger partial charge in [-0.05, 0) is 25.1 Å². The molecule has 0 fully saturated rings. The molecule has 0 spiro atoms. The summed E-state index contributed by atoms with van der Waals surface area (Å²) >= 11 is 5.84. The van der Waals surface area contributed by atoms with E-state index in [9.17, 15) is 4.79 Å². The molecule has 19 heavy (non-hydrogen) atoms. The summed E-state index contributed by atoms with van der Waals surface area (Å²) < 4.78 is 5.12. The lowest BCUT2D eigenvalue weighted by Crippen LogP contribution is -2.27. The van der Waals surface area contributed by atoms with Crippen LogP contribution in [0.5, 0.6) is 5.75 Å². The van der Waals surface area contributed by atoms with E-state index >= 15 is 0 Å². The maximum Gasteiger partial charge on any atom is 0.255 e. The number of hydrogen-bond donors (Lipinski definition) is 2. The third-order valence-corrected chi connectivity index (χ3v) is 2.74. The van der Waals surface area contributed by atoms with Crippen molar-refractivity contribution in [2.24, 2.45) is 0 Å². The zero-order valence-corrected chi connectivity index (χ0v) is 11.1. The van der Waals surface area contributed by atoms with Gasteiger partial charge in [-0.2, -0.15) is 5.21 Å². The highest BCUT2D eigenvalue weighted by molar-refractivity contribution is 6.30. The van der Waals surface area contributed by atoms with Gasteiger partial charge in [-0.25, -0.2) is 0 Å². The van der Waals surface area contributed by atoms with E-state index in [0.717, 1.165) is 0 Å². The van der Waals surface area contributed by atoms with Gasteiger partial charge >= 0.3 is 0 Å². The molecule has 0 bridgehead atoms. The molecule has 0 saturated carbocycles. The standard InChI is InChI=1S/C11H12ClN5O2/c1-6(10-14-16-17-15-10)13-11(18)8-4-3-7(12)5-9(8)19-2/h3-6H,1-2H3,(H,13,18)(H,14,15,16,17). The molecule has 1 aromatic carbocycles. The molecule has 1 unspecified atom stereocenters. The summed E-state index contributed by atoms with van der Waals surface area (Å²) in [5.41, 5.74) is 0.391. The Morgan fingerprint density at radius 3 is 2.95 bits per heavy atom. The first-order valence-corrected chi connectivity index (χ1v) is 5.87. The van der Waals surface area contributed by atoms with Gasteiger partial charge in [0, 0.05) is 5.02 Å². The minimum atomic E-state index is -0.369. The van der Waals surface area contributed by atoms with Crippen molar-refractivity contribution in [3.05, 3.63) is 34.6 Å². The second-order valence-corrected chi connectivity index (χ2v) is 4.25. The van der Waals surface area contributed by atoms with Gasteiger partial charge in [0.15, 0.2) is 5.82 Å². The Kier molecular flexibility index (Phi) is 3.96. The number of hydrogen-bond acceptors (Lipinski definition) is 5. The Morgan fingerprint density at radius 1 is 1.53 bits per heavy atom. The van der Waals surface area contributed by atoms with Crippen LogP contribution in [0.3, 0.4) is 0 Å². The van der Waals surface area contributed by atoms with Crippen LogP contribution in [-0.2, 0) is 0 Å². The average molecular weight is 282 g/mol. The fourth-order valence-electron chi connectivity index (χ4n) is 1.54. The number of ether oxygens (including phenoxy) is 1. The highest BCUT2D eigenvalue weighted by Crippen LogP contribution is 2.23. The average Bonchev–Trinajstić information content (AvgIpc) is 2.92. The highest BCUT2D eigenvalue weighted by Gasteiger charge is 2.17. The molecule has 0 saturated heterocycles. The number of carbonyl (C=O) groups excluding carboxylic acids is 1. The number of nitrogens with one attached hydrogen (secondary N) is 2. The SMILES string of the molecule is COc1cc(Cl)ccc1C(=O)NC(C)c1nn[nH]n1. The number of tetrazole rings is 1. The van der Waals surface area contributed by atoms with Crippen LogP contribution in [0.25, 0.3) is 0 Å². The number of rotatable bonds is 4. The molecule has 0 radical (unpaired) electrons. The molecular formula is C11H12ClN5O2. The third-order valence-electron chi connectivity index (χ3n) is 2.50. The molecule has 2 N–H and O–H groups in total. The van der Waals surface area contributed by atoms with Crippen molar-refractivity contribution >= 4 is 17.5 Å². The van der Waals surface area contributed by atoms with E-state index in [1.165, 1.54) is 7.11 Å². The summed E-state index contributed by atoms with van der Waals surface area (Å²) in [5, 5.41) is 16.6. The summed E-state index contributed by atoms with van der Waals surface area (Å²) in [7, 11) is 1.48. The topological polar surface area (TPSA) is 92.8 Å². The summed E-state index contributed by atoms with van der Waals surface area (Å²) in [5.74, 6) is 0.511. The van der Waals surface area contributed by atoms with Crippen molar-refractivity contribution in [1.82, 2.24) is 25.9 Å². The molecule has 1 heterocycles. The lowest BCUT2D eigenvalue weighted by molar-refractivity contribution is 0.0935. The number of H-pyrrole nitrogens is 1. The summed E-state index contributed by atoms with van der Waals surface area (Å²) in [6, 6.07) is 4.43. The fourth-order valence-corrected chi connectivity index (χ4v) is 1.71. The Hall–Kier alpha value is -2.15. The van der Waals surface area contributed by atoms with Crippen molar-refractivity contribution in [1.29, 1.82) is 0 Å². The first-order chi connectivity index (χ1) is 9.11. The van der Waals surface area contributed by atoms with Gasteiger partial charge in [0.2, 0.25) is 0 Å². The fraction of sp³-hybridized carbons (Fsp3) is 0.273. The lowest BCUT2D eigenvalue weighted by Gasteiger charge is -2.12. The van der Waals surface area contributed by atoms with E-state index in [1.807, 2.05) is 0 Å². The molecule has 0 aliphatic rings. The van der Waals surface area contributed by atoms with Crippen LogP contribution in [0.15, 0.2) is 18.2 Å². The largest absolute Gasteiger partial charge is 0.496 e. The van der Waals surface area contributed by atoms with Gasteiger partial charge in [-0.15, -0.1) is 10.2 Å². The van der Waals surface area contributed by atoms with Crippen molar-refractivity contribution in [3.8, 4) is 5.75 Å². The molecule has 0 aliphatic carbocycles. The molecule has 1 amide bonds. The number of carbonyl (C=O) groups is 1. The lowest BCUT2D eigenvalue weighted by atomic mass is 10.1. The van der Waals surface area contributed by atoms with Crippen molar-refractivity contribution in [2.45, 2.75) is 13.0 Å². The molecule has 7 nitrogen and oxygen atoms in total. The minimum absolute atomic E-state index is 0.300. The minimum Gasteiger partial charge on any atom is -0.496 e. The third kappa shape index (κ3) is 3.00. The number of amides is 1. The summed E-state index contributed by atoms with van der Waals surface area (Å²) in [6.45, 7) is 1.76. The van der Waals surface area contributed by atoms with Crippen LogP contribution in [0.1, 0.15) is 29.1 Å². The highest BCUT2D eigenvalue weighted by atomic mass is 35.5. The van der Waals surface area contributed by atoms with E-state index in [0.29, 0.717) is 22.2 Å². The van der Waals surface area contributed by atoms with Gasteiger partial charge in [-0.3, -0.25) is 4.79 Å². The molecule has 2 aromatic rings. The van der Waals surface area contributed by atoms with Gasteiger partial charge < -0.3 is 10.1 Å². The monoisotopic (exact) mass is 281 g/mol. The smallest absolute Gasteiger partial charge is 0.255 e. The number of aromatic amines is 1. The molecular weight excluding hydrogens is 270 g/mol. The number of halogens is 1. The molecule has 1 atom stereocenters. The van der Waals surface area contributed by atoms with Gasteiger partial charge in [0.25, 0.3) is 5.91 Å². The van der Waals surface area contributed by atoms with E-state index in [4.69, 9.17) is 16.3 Å². The Labute approximate surface area is 114 Å². The van der Waals surface area contributed by atoms with Crippen molar-refractivity contribution in [2.75, 3.05) is 7.11 Å². The van der Waals surface area contributed by atoms with Crippen LogP contribution in [-0.4, -0.2) is 33.6 Å². The second kappa shape index (κ2) is 5.66. The number of benzene rings is 1. The molecule has 2 rings (SSSR count). The molecule has 1 aromatic heterocycles. The molecule has 8 heteroatoms. The maximum atomic E-state index is 12.1. The number of methoxy groups -OCH3 is 1. The normalized spacial score (nSPS) is 11.9. The van der Waals surface area contributed by atoms with Gasteiger partial charge in [-0.1, -0.05) is 16.8 Å². The molecule has 100 valence electrons. The molecule has 0 aliphatic heterocycles. The zero-order chi connectivity index (χ0) is 13.8. The first kappa shape index (κ1) is 13.3. The van der Waals surface area contributed by atoms with E-state index in [2.05, 4.69) is 25.9 Å². The number of nitrogens with zero attached hydrogens (tertiary/aromatic N) is 3. The Morgan fingerprint density at radius 2 is 2.32 bits per heavy atom. The summed E-state index contributed by atoms with van der Waals surface area (Å²) in [4.78, 5) is 12.1.